The molecule has 0 atom stereocenters. The number of aliphatic carboxylic acids is 1. The van der Waals surface area contributed by atoms with Gasteiger partial charge >= 0.3 is 5.97 Å². The van der Waals surface area contributed by atoms with Crippen LogP contribution in [-0.2, 0) is 16.0 Å². The van der Waals surface area contributed by atoms with Crippen molar-refractivity contribution in [1.82, 2.24) is 0 Å². The predicted molar refractivity (Wildman–Crippen MR) is 104 cm³/mol. The number of carbonyl (C=O) groups excluding carboxylic acids is 2. The van der Waals surface area contributed by atoms with E-state index >= 15 is 0 Å². The van der Waals surface area contributed by atoms with Gasteiger partial charge in [-0.15, -0.1) is 0 Å². The smallest absolute Gasteiger partial charge is 0.307 e. The molecule has 0 radical (unpaired) electrons. The molecule has 7 nitrogen and oxygen atoms in total. The molecule has 0 saturated carbocycles. The van der Waals surface area contributed by atoms with Gasteiger partial charge < -0.3 is 19.9 Å². The summed E-state index contributed by atoms with van der Waals surface area (Å²) in [7, 11) is 1.50. The quantitative estimate of drug-likeness (QED) is 0.480. The van der Waals surface area contributed by atoms with Crippen LogP contribution in [0.2, 0.25) is 0 Å². The van der Waals surface area contributed by atoms with Crippen molar-refractivity contribution in [2.75, 3.05) is 19.0 Å². The molecule has 1 amide bonds. The highest BCUT2D eigenvalue weighted by Crippen LogP contribution is 2.28. The van der Waals surface area contributed by atoms with E-state index in [9.17, 15) is 14.4 Å². The third-order valence-corrected chi connectivity index (χ3v) is 3.97. The van der Waals surface area contributed by atoms with Crippen LogP contribution in [0, 0.1) is 0 Å². The number of anilines is 1. The van der Waals surface area contributed by atoms with Crippen LogP contribution in [0.15, 0.2) is 42.5 Å². The van der Waals surface area contributed by atoms with Gasteiger partial charge in [0.05, 0.1) is 20.1 Å². The van der Waals surface area contributed by atoms with Crippen molar-refractivity contribution >= 4 is 23.3 Å². The molecule has 0 aliphatic rings. The molecule has 0 saturated heterocycles. The number of hydrogen-bond donors (Lipinski definition) is 2. The molecule has 2 aromatic carbocycles. The first kappa shape index (κ1) is 21.0. The number of ether oxygens (including phenoxy) is 2. The highest BCUT2D eigenvalue weighted by Gasteiger charge is 2.09. The van der Waals surface area contributed by atoms with E-state index in [0.29, 0.717) is 41.3 Å². The zero-order chi connectivity index (χ0) is 20.5. The van der Waals surface area contributed by atoms with Gasteiger partial charge in [-0.2, -0.15) is 0 Å². The van der Waals surface area contributed by atoms with Crippen LogP contribution in [0.4, 0.5) is 5.69 Å². The van der Waals surface area contributed by atoms with Crippen LogP contribution >= 0.6 is 0 Å². The Hall–Kier alpha value is -3.35. The number of hydrogen-bond acceptors (Lipinski definition) is 5. The van der Waals surface area contributed by atoms with Crippen molar-refractivity contribution < 1.29 is 29.0 Å². The highest BCUT2D eigenvalue weighted by atomic mass is 16.5. The minimum absolute atomic E-state index is 0.0532. The van der Waals surface area contributed by atoms with Crippen LogP contribution in [-0.4, -0.2) is 36.5 Å². The summed E-state index contributed by atoms with van der Waals surface area (Å²) in [5.74, 6) is -0.129. The number of benzene rings is 2. The van der Waals surface area contributed by atoms with Crippen molar-refractivity contribution in [3.8, 4) is 11.5 Å². The first-order valence-electron chi connectivity index (χ1n) is 8.81. The zero-order valence-corrected chi connectivity index (χ0v) is 15.9. The Balaban J connectivity index is 1.78. The second-order valence-electron chi connectivity index (χ2n) is 6.19. The monoisotopic (exact) mass is 385 g/mol. The number of carboxylic acids is 1. The molecule has 0 aromatic heterocycles. The summed E-state index contributed by atoms with van der Waals surface area (Å²) in [6, 6.07) is 11.7. The second-order valence-corrected chi connectivity index (χ2v) is 6.19. The zero-order valence-electron chi connectivity index (χ0n) is 15.9. The normalized spacial score (nSPS) is 10.2. The molecule has 2 rings (SSSR count). The molecule has 0 bridgehead atoms. The number of carboxylic acid groups (broad SMARTS) is 1. The average molecular weight is 385 g/mol. The molecule has 0 aliphatic heterocycles. The van der Waals surface area contributed by atoms with E-state index in [1.165, 1.54) is 14.0 Å². The number of Topliss-reactive ketones (excluding diaryl/α,β-unsaturated/α-hetero) is 1. The number of rotatable bonds is 10. The lowest BCUT2D eigenvalue weighted by Gasteiger charge is -2.11. The molecule has 7 heteroatoms. The Morgan fingerprint density at radius 3 is 2.36 bits per heavy atom. The Morgan fingerprint density at radius 2 is 1.75 bits per heavy atom. The number of nitrogens with one attached hydrogen (secondary N) is 1. The minimum atomic E-state index is -0.899. The van der Waals surface area contributed by atoms with Gasteiger partial charge in [-0.1, -0.05) is 12.1 Å². The second kappa shape index (κ2) is 10.1. The van der Waals surface area contributed by atoms with Crippen LogP contribution in [0.25, 0.3) is 0 Å². The number of amides is 1. The van der Waals surface area contributed by atoms with E-state index in [2.05, 4.69) is 5.32 Å². The third kappa shape index (κ3) is 6.42. The van der Waals surface area contributed by atoms with E-state index in [1.54, 1.807) is 42.5 Å². The first-order chi connectivity index (χ1) is 13.4. The van der Waals surface area contributed by atoms with Crippen LogP contribution in [0.5, 0.6) is 11.5 Å². The lowest BCUT2D eigenvalue weighted by molar-refractivity contribution is -0.136. The molecular formula is C21H23NO6. The molecule has 0 aliphatic carbocycles. The molecule has 2 aromatic rings. The van der Waals surface area contributed by atoms with Crippen molar-refractivity contribution in [1.29, 1.82) is 0 Å². The van der Waals surface area contributed by atoms with Gasteiger partial charge in [0.15, 0.2) is 17.3 Å². The molecule has 0 unspecified atom stereocenters. The highest BCUT2D eigenvalue weighted by molar-refractivity contribution is 5.94. The fourth-order valence-electron chi connectivity index (χ4n) is 2.52. The number of ketones is 1. The summed E-state index contributed by atoms with van der Waals surface area (Å²) in [6.45, 7) is 1.80. The topological polar surface area (TPSA) is 102 Å². The molecule has 0 fully saturated rings. The van der Waals surface area contributed by atoms with E-state index in [0.717, 1.165) is 0 Å². The van der Waals surface area contributed by atoms with Crippen molar-refractivity contribution in [2.24, 2.45) is 0 Å². The predicted octanol–water partition coefficient (Wildman–Crippen LogP) is 3.32. The van der Waals surface area contributed by atoms with Crippen molar-refractivity contribution in [3.05, 3.63) is 53.6 Å². The molecule has 28 heavy (non-hydrogen) atoms. The third-order valence-electron chi connectivity index (χ3n) is 3.97. The summed E-state index contributed by atoms with van der Waals surface area (Å²) in [4.78, 5) is 34.1. The maximum absolute atomic E-state index is 12.0. The van der Waals surface area contributed by atoms with Crippen LogP contribution < -0.4 is 14.8 Å². The SMILES string of the molecule is COc1cc(C(C)=O)ccc1OCCCC(=O)Nc1ccc(CC(=O)O)cc1. The Bertz CT molecular complexity index is 844. The Kier molecular flexibility index (Phi) is 7.56. The Morgan fingerprint density at radius 1 is 1.04 bits per heavy atom. The number of carbonyl (C=O) groups is 3. The van der Waals surface area contributed by atoms with Gasteiger partial charge in [0, 0.05) is 17.7 Å². The molecule has 2 N–H and O–H groups in total. The summed E-state index contributed by atoms with van der Waals surface area (Å²) >= 11 is 0. The van der Waals surface area contributed by atoms with Gasteiger partial charge in [0.2, 0.25) is 5.91 Å². The summed E-state index contributed by atoms with van der Waals surface area (Å²) in [5, 5.41) is 11.5. The van der Waals surface area contributed by atoms with Crippen LogP contribution in [0.3, 0.4) is 0 Å². The fraction of sp³-hybridized carbons (Fsp3) is 0.286. The molecule has 0 heterocycles. The number of methoxy groups -OCH3 is 1. The molecule has 0 spiro atoms. The average Bonchev–Trinajstić information content (AvgIpc) is 2.66. The van der Waals surface area contributed by atoms with Crippen LogP contribution in [0.1, 0.15) is 35.7 Å². The summed E-state index contributed by atoms with van der Waals surface area (Å²) < 4.78 is 10.9. The van der Waals surface area contributed by atoms with Gasteiger partial charge in [-0.25, -0.2) is 0 Å². The first-order valence-corrected chi connectivity index (χ1v) is 8.81. The van der Waals surface area contributed by atoms with Gasteiger partial charge in [0.25, 0.3) is 0 Å². The fourth-order valence-corrected chi connectivity index (χ4v) is 2.52. The maximum atomic E-state index is 12.0. The minimum Gasteiger partial charge on any atom is -0.493 e. The van der Waals surface area contributed by atoms with Crippen molar-refractivity contribution in [3.63, 3.8) is 0 Å². The maximum Gasteiger partial charge on any atom is 0.307 e. The lowest BCUT2D eigenvalue weighted by Crippen LogP contribution is -2.13. The largest absolute Gasteiger partial charge is 0.493 e. The van der Waals surface area contributed by atoms with Gasteiger partial charge in [0.1, 0.15) is 0 Å². The van der Waals surface area contributed by atoms with E-state index in [4.69, 9.17) is 14.6 Å². The van der Waals surface area contributed by atoms with Crippen molar-refractivity contribution in [2.45, 2.75) is 26.2 Å². The summed E-state index contributed by atoms with van der Waals surface area (Å²) in [5.41, 5.74) is 1.82. The van der Waals surface area contributed by atoms with E-state index in [-0.39, 0.29) is 24.5 Å². The summed E-state index contributed by atoms with van der Waals surface area (Å²) in [6.07, 6.45) is 0.716. The molecule has 148 valence electrons. The standard InChI is InChI=1S/C21H23NO6/c1-14(23)16-7-10-18(19(13-16)27-2)28-11-3-4-20(24)22-17-8-5-15(6-9-17)12-21(25)26/h5-10,13H,3-4,11-12H2,1-2H3,(H,22,24)(H,25,26). The Labute approximate surface area is 163 Å². The van der Waals surface area contributed by atoms with E-state index in [1.807, 2.05) is 0 Å². The van der Waals surface area contributed by atoms with E-state index < -0.39 is 5.97 Å². The molecular weight excluding hydrogens is 362 g/mol. The van der Waals surface area contributed by atoms with Gasteiger partial charge in [-0.05, 0) is 49.2 Å². The lowest BCUT2D eigenvalue weighted by atomic mass is 10.1. The van der Waals surface area contributed by atoms with Gasteiger partial charge in [-0.3, -0.25) is 14.4 Å².